The Balaban J connectivity index is 2.51. The van der Waals surface area contributed by atoms with Gasteiger partial charge in [-0.3, -0.25) is 0 Å². The molecular weight excluding hydrogens is 203 g/mol. The fourth-order valence-corrected chi connectivity index (χ4v) is 2.10. The molecule has 5 heteroatoms. The second-order valence-corrected chi connectivity index (χ2v) is 4.02. The fourth-order valence-electron chi connectivity index (χ4n) is 1.16. The molecule has 1 aromatic carbocycles. The first-order valence-corrected chi connectivity index (χ1v) is 4.95. The third-order valence-corrected chi connectivity index (χ3v) is 3.05. The first-order valence-electron chi connectivity index (χ1n) is 4.13. The highest BCUT2D eigenvalue weighted by Gasteiger charge is 2.10. The Morgan fingerprint density at radius 2 is 2.36 bits per heavy atom. The normalized spacial score (nSPS) is 13.4. The Bertz CT molecular complexity index is 457. The summed E-state index contributed by atoms with van der Waals surface area (Å²) in [5.74, 6) is -0.313. The van der Waals surface area contributed by atoms with Gasteiger partial charge in [-0.1, -0.05) is 0 Å². The van der Waals surface area contributed by atoms with E-state index in [1.165, 1.54) is 23.5 Å². The van der Waals surface area contributed by atoms with Crippen molar-refractivity contribution in [3.05, 3.63) is 29.0 Å². The molecule has 2 rings (SSSR count). The zero-order valence-electron chi connectivity index (χ0n) is 7.27. The Hall–Kier alpha value is -1.04. The van der Waals surface area contributed by atoms with E-state index in [2.05, 4.69) is 4.98 Å². The average molecular weight is 212 g/mol. The molecule has 0 aliphatic heterocycles. The van der Waals surface area contributed by atoms with E-state index >= 15 is 0 Å². The van der Waals surface area contributed by atoms with E-state index < -0.39 is 6.04 Å². The Morgan fingerprint density at radius 1 is 1.57 bits per heavy atom. The summed E-state index contributed by atoms with van der Waals surface area (Å²) in [6.45, 7) is -0.150. The number of hydrogen-bond acceptors (Lipinski definition) is 4. The van der Waals surface area contributed by atoms with Crippen LogP contribution in [0.1, 0.15) is 11.0 Å². The summed E-state index contributed by atoms with van der Waals surface area (Å²) in [5, 5.41) is 9.47. The van der Waals surface area contributed by atoms with E-state index in [-0.39, 0.29) is 12.4 Å². The summed E-state index contributed by atoms with van der Waals surface area (Å²) in [4.78, 5) is 4.14. The van der Waals surface area contributed by atoms with Crippen molar-refractivity contribution in [2.24, 2.45) is 5.73 Å². The van der Waals surface area contributed by atoms with Crippen molar-refractivity contribution in [3.8, 4) is 0 Å². The molecular formula is C9H9FN2OS. The maximum Gasteiger partial charge on any atom is 0.125 e. The molecule has 0 spiro atoms. The number of nitrogens with two attached hydrogens (primary N) is 1. The Morgan fingerprint density at radius 3 is 3.07 bits per heavy atom. The van der Waals surface area contributed by atoms with Gasteiger partial charge in [0, 0.05) is 6.07 Å². The van der Waals surface area contributed by atoms with E-state index in [1.54, 1.807) is 6.07 Å². The van der Waals surface area contributed by atoms with E-state index in [0.717, 1.165) is 4.70 Å². The van der Waals surface area contributed by atoms with Gasteiger partial charge in [-0.05, 0) is 12.1 Å². The van der Waals surface area contributed by atoms with Crippen LogP contribution in [0, 0.1) is 5.82 Å². The van der Waals surface area contributed by atoms with Crippen LogP contribution in [-0.2, 0) is 0 Å². The molecule has 1 atom stereocenters. The molecule has 0 bridgehead atoms. The van der Waals surface area contributed by atoms with Crippen LogP contribution >= 0.6 is 11.3 Å². The van der Waals surface area contributed by atoms with Gasteiger partial charge in [-0.15, -0.1) is 11.3 Å². The first-order chi connectivity index (χ1) is 6.70. The van der Waals surface area contributed by atoms with Gasteiger partial charge in [0.05, 0.1) is 22.9 Å². The molecule has 0 radical (unpaired) electrons. The lowest BCUT2D eigenvalue weighted by atomic mass is 10.3. The number of aliphatic hydroxyl groups is 1. The molecule has 0 saturated heterocycles. The summed E-state index contributed by atoms with van der Waals surface area (Å²) in [7, 11) is 0. The van der Waals surface area contributed by atoms with Crippen LogP contribution in [0.5, 0.6) is 0 Å². The van der Waals surface area contributed by atoms with Crippen LogP contribution in [0.2, 0.25) is 0 Å². The van der Waals surface area contributed by atoms with Gasteiger partial charge in [-0.25, -0.2) is 9.37 Å². The van der Waals surface area contributed by atoms with Crippen LogP contribution < -0.4 is 5.73 Å². The van der Waals surface area contributed by atoms with E-state index in [1.807, 2.05) is 0 Å². The van der Waals surface area contributed by atoms with Crippen molar-refractivity contribution >= 4 is 21.6 Å². The maximum atomic E-state index is 12.8. The second kappa shape index (κ2) is 3.61. The Kier molecular flexibility index (Phi) is 2.45. The molecule has 74 valence electrons. The molecule has 1 heterocycles. The number of nitrogens with zero attached hydrogens (tertiary/aromatic N) is 1. The van der Waals surface area contributed by atoms with Crippen LogP contribution in [0.4, 0.5) is 4.39 Å². The van der Waals surface area contributed by atoms with Crippen LogP contribution in [0.3, 0.4) is 0 Å². The summed E-state index contributed by atoms with van der Waals surface area (Å²) >= 11 is 1.38. The molecule has 0 saturated carbocycles. The van der Waals surface area contributed by atoms with Gasteiger partial charge in [0.15, 0.2) is 0 Å². The largest absolute Gasteiger partial charge is 0.394 e. The quantitative estimate of drug-likeness (QED) is 0.791. The SMILES string of the molecule is NC(CO)c1nc2cc(F)ccc2s1. The minimum Gasteiger partial charge on any atom is -0.394 e. The second-order valence-electron chi connectivity index (χ2n) is 2.95. The molecule has 2 aromatic rings. The summed E-state index contributed by atoms with van der Waals surface area (Å²) in [5.41, 5.74) is 6.19. The van der Waals surface area contributed by atoms with Crippen molar-refractivity contribution in [2.75, 3.05) is 6.61 Å². The number of fused-ring (bicyclic) bond motifs is 1. The van der Waals surface area contributed by atoms with Gasteiger partial charge in [0.1, 0.15) is 10.8 Å². The number of rotatable bonds is 2. The molecule has 0 aliphatic carbocycles. The lowest BCUT2D eigenvalue weighted by Crippen LogP contribution is -2.13. The molecule has 0 fully saturated rings. The van der Waals surface area contributed by atoms with E-state index in [0.29, 0.717) is 10.5 Å². The molecule has 1 unspecified atom stereocenters. The van der Waals surface area contributed by atoms with Gasteiger partial charge in [0.2, 0.25) is 0 Å². The summed E-state index contributed by atoms with van der Waals surface area (Å²) < 4.78 is 13.7. The van der Waals surface area contributed by atoms with Crippen molar-refractivity contribution in [1.82, 2.24) is 4.98 Å². The minimum absolute atomic E-state index is 0.150. The molecule has 1 aromatic heterocycles. The third-order valence-electron chi connectivity index (χ3n) is 1.88. The lowest BCUT2D eigenvalue weighted by molar-refractivity contribution is 0.268. The highest BCUT2D eigenvalue weighted by atomic mass is 32.1. The van der Waals surface area contributed by atoms with Crippen molar-refractivity contribution in [2.45, 2.75) is 6.04 Å². The standard InChI is InChI=1S/C9H9FN2OS/c10-5-1-2-8-7(3-5)12-9(14-8)6(11)4-13/h1-3,6,13H,4,11H2. The van der Waals surface area contributed by atoms with Crippen molar-refractivity contribution in [1.29, 1.82) is 0 Å². The maximum absolute atomic E-state index is 12.8. The predicted molar refractivity (Wildman–Crippen MR) is 53.6 cm³/mol. The lowest BCUT2D eigenvalue weighted by Gasteiger charge is -2.00. The first kappa shape index (κ1) is 9.51. The number of benzene rings is 1. The summed E-state index contributed by atoms with van der Waals surface area (Å²) in [6.07, 6.45) is 0. The van der Waals surface area contributed by atoms with Crippen molar-refractivity contribution < 1.29 is 9.50 Å². The van der Waals surface area contributed by atoms with Gasteiger partial charge in [-0.2, -0.15) is 0 Å². The van der Waals surface area contributed by atoms with Crippen LogP contribution in [-0.4, -0.2) is 16.7 Å². The van der Waals surface area contributed by atoms with Gasteiger partial charge in [0.25, 0.3) is 0 Å². The predicted octanol–water partition coefficient (Wildman–Crippen LogP) is 1.43. The van der Waals surface area contributed by atoms with E-state index in [4.69, 9.17) is 10.8 Å². The smallest absolute Gasteiger partial charge is 0.125 e. The monoisotopic (exact) mass is 212 g/mol. The molecule has 3 nitrogen and oxygen atoms in total. The van der Waals surface area contributed by atoms with Crippen LogP contribution in [0.15, 0.2) is 18.2 Å². The van der Waals surface area contributed by atoms with Crippen LogP contribution in [0.25, 0.3) is 10.2 Å². The van der Waals surface area contributed by atoms with Gasteiger partial charge >= 0.3 is 0 Å². The zero-order chi connectivity index (χ0) is 10.1. The van der Waals surface area contributed by atoms with Gasteiger partial charge < -0.3 is 10.8 Å². The molecule has 0 amide bonds. The molecule has 3 N–H and O–H groups in total. The highest BCUT2D eigenvalue weighted by molar-refractivity contribution is 7.18. The highest BCUT2D eigenvalue weighted by Crippen LogP contribution is 2.25. The number of thiazole rings is 1. The van der Waals surface area contributed by atoms with E-state index in [9.17, 15) is 4.39 Å². The fraction of sp³-hybridized carbons (Fsp3) is 0.222. The summed E-state index contributed by atoms with van der Waals surface area (Å²) in [6, 6.07) is 3.93. The minimum atomic E-state index is -0.476. The topological polar surface area (TPSA) is 59.1 Å². The Labute approximate surface area is 84.0 Å². The zero-order valence-corrected chi connectivity index (χ0v) is 8.09. The number of aliphatic hydroxyl groups excluding tert-OH is 1. The van der Waals surface area contributed by atoms with Crippen molar-refractivity contribution in [3.63, 3.8) is 0 Å². The number of halogens is 1. The third kappa shape index (κ3) is 1.61. The molecule has 0 aliphatic rings. The number of aromatic nitrogens is 1. The number of hydrogen-bond donors (Lipinski definition) is 2. The molecule has 14 heavy (non-hydrogen) atoms. The average Bonchev–Trinajstić information content (AvgIpc) is 2.59.